The number of hydrogen-bond acceptors (Lipinski definition) is 1. The first-order chi connectivity index (χ1) is 8.20. The molecule has 0 aliphatic carbocycles. The number of rotatable bonds is 3. The normalized spacial score (nSPS) is 10.5. The summed E-state index contributed by atoms with van der Waals surface area (Å²) in [6.45, 7) is 0.716. The summed E-state index contributed by atoms with van der Waals surface area (Å²) in [6.07, 6.45) is 0. The third-order valence-electron chi connectivity index (χ3n) is 2.59. The predicted octanol–water partition coefficient (Wildman–Crippen LogP) is 3.87. The second-order valence-electron chi connectivity index (χ2n) is 3.84. The molecular weight excluding hydrogens is 237 g/mol. The van der Waals surface area contributed by atoms with Gasteiger partial charge in [0.15, 0.2) is 0 Å². The van der Waals surface area contributed by atoms with Gasteiger partial charge in [-0.1, -0.05) is 29.8 Å². The lowest BCUT2D eigenvalue weighted by Gasteiger charge is -2.07. The van der Waals surface area contributed by atoms with E-state index in [4.69, 9.17) is 11.6 Å². The molecule has 2 rings (SSSR count). The van der Waals surface area contributed by atoms with E-state index < -0.39 is 0 Å². The molecule has 88 valence electrons. The molecule has 0 unspecified atom stereocenters. The van der Waals surface area contributed by atoms with Crippen molar-refractivity contribution in [3.05, 3.63) is 58.9 Å². The Hall–Kier alpha value is -1.38. The van der Waals surface area contributed by atoms with Gasteiger partial charge in [-0.3, -0.25) is 0 Å². The van der Waals surface area contributed by atoms with Gasteiger partial charge in [0, 0.05) is 11.6 Å². The molecule has 0 radical (unpaired) electrons. The van der Waals surface area contributed by atoms with Gasteiger partial charge in [-0.2, -0.15) is 0 Å². The van der Waals surface area contributed by atoms with E-state index in [0.717, 1.165) is 21.7 Å². The third-order valence-corrected chi connectivity index (χ3v) is 2.96. The van der Waals surface area contributed by atoms with Gasteiger partial charge in [-0.25, -0.2) is 4.39 Å². The summed E-state index contributed by atoms with van der Waals surface area (Å²) in [5.41, 5.74) is 3.07. The highest BCUT2D eigenvalue weighted by atomic mass is 35.5. The summed E-state index contributed by atoms with van der Waals surface area (Å²) in [5, 5.41) is 3.81. The molecule has 0 amide bonds. The van der Waals surface area contributed by atoms with Gasteiger partial charge in [-0.05, 0) is 48.0 Å². The van der Waals surface area contributed by atoms with Gasteiger partial charge in [0.2, 0.25) is 0 Å². The highest BCUT2D eigenvalue weighted by Crippen LogP contribution is 2.25. The number of nitrogens with one attached hydrogen (secondary N) is 1. The van der Waals surface area contributed by atoms with Crippen molar-refractivity contribution in [3.8, 4) is 11.1 Å². The maximum absolute atomic E-state index is 12.8. The quantitative estimate of drug-likeness (QED) is 0.871. The average molecular weight is 250 g/mol. The second kappa shape index (κ2) is 5.30. The zero-order valence-electron chi connectivity index (χ0n) is 9.50. The van der Waals surface area contributed by atoms with Crippen molar-refractivity contribution in [1.29, 1.82) is 0 Å². The lowest BCUT2D eigenvalue weighted by Crippen LogP contribution is -2.05. The summed E-state index contributed by atoms with van der Waals surface area (Å²) in [6, 6.07) is 12.3. The zero-order chi connectivity index (χ0) is 12.3. The van der Waals surface area contributed by atoms with Crippen LogP contribution in [0.3, 0.4) is 0 Å². The molecule has 0 saturated heterocycles. The highest BCUT2D eigenvalue weighted by molar-refractivity contribution is 6.31. The van der Waals surface area contributed by atoms with E-state index in [1.807, 2.05) is 25.2 Å². The lowest BCUT2D eigenvalue weighted by atomic mass is 10.0. The van der Waals surface area contributed by atoms with Gasteiger partial charge in [-0.15, -0.1) is 0 Å². The second-order valence-corrected chi connectivity index (χ2v) is 4.25. The molecule has 0 aromatic heterocycles. The number of halogens is 2. The van der Waals surface area contributed by atoms with Gasteiger partial charge in [0.1, 0.15) is 5.82 Å². The molecule has 2 aromatic carbocycles. The minimum absolute atomic E-state index is 0.224. The molecule has 0 heterocycles. The minimum Gasteiger partial charge on any atom is -0.316 e. The summed E-state index contributed by atoms with van der Waals surface area (Å²) in [4.78, 5) is 0. The van der Waals surface area contributed by atoms with Crippen molar-refractivity contribution >= 4 is 11.6 Å². The van der Waals surface area contributed by atoms with Crippen LogP contribution in [0.1, 0.15) is 5.56 Å². The molecule has 2 aromatic rings. The molecule has 17 heavy (non-hydrogen) atoms. The summed E-state index contributed by atoms with van der Waals surface area (Å²) in [5.74, 6) is -0.224. The van der Waals surface area contributed by atoms with E-state index in [2.05, 4.69) is 5.32 Å². The summed E-state index contributed by atoms with van der Waals surface area (Å²) in [7, 11) is 1.88. The smallest absolute Gasteiger partial charge is 0.123 e. The van der Waals surface area contributed by atoms with E-state index >= 15 is 0 Å². The predicted molar refractivity (Wildman–Crippen MR) is 69.6 cm³/mol. The fourth-order valence-electron chi connectivity index (χ4n) is 1.72. The van der Waals surface area contributed by atoms with E-state index in [0.29, 0.717) is 6.54 Å². The lowest BCUT2D eigenvalue weighted by molar-refractivity contribution is 0.628. The van der Waals surface area contributed by atoms with Crippen LogP contribution >= 0.6 is 11.6 Å². The Morgan fingerprint density at radius 2 is 1.71 bits per heavy atom. The molecule has 0 aliphatic heterocycles. The molecule has 0 spiro atoms. The SMILES string of the molecule is CNCc1cc(-c2ccc(F)cc2)ccc1Cl. The van der Waals surface area contributed by atoms with Crippen molar-refractivity contribution in [1.82, 2.24) is 5.32 Å². The Bertz CT molecular complexity index is 508. The monoisotopic (exact) mass is 249 g/mol. The maximum atomic E-state index is 12.8. The Morgan fingerprint density at radius 1 is 1.06 bits per heavy atom. The van der Waals surface area contributed by atoms with Crippen LogP contribution in [0.25, 0.3) is 11.1 Å². The van der Waals surface area contributed by atoms with E-state index in [9.17, 15) is 4.39 Å². The minimum atomic E-state index is -0.224. The van der Waals surface area contributed by atoms with E-state index in [1.54, 1.807) is 12.1 Å². The molecule has 3 heteroatoms. The van der Waals surface area contributed by atoms with Crippen LogP contribution in [0.4, 0.5) is 4.39 Å². The van der Waals surface area contributed by atoms with Crippen molar-refractivity contribution in [2.24, 2.45) is 0 Å². The van der Waals surface area contributed by atoms with Crippen LogP contribution in [0, 0.1) is 5.82 Å². The van der Waals surface area contributed by atoms with Crippen LogP contribution in [0.2, 0.25) is 5.02 Å². The molecule has 0 atom stereocenters. The Balaban J connectivity index is 2.39. The van der Waals surface area contributed by atoms with Crippen molar-refractivity contribution in [3.63, 3.8) is 0 Å². The first-order valence-electron chi connectivity index (χ1n) is 5.39. The fourth-order valence-corrected chi connectivity index (χ4v) is 1.91. The molecular formula is C14H13ClFN. The Kier molecular flexibility index (Phi) is 3.77. The highest BCUT2D eigenvalue weighted by Gasteiger charge is 2.03. The van der Waals surface area contributed by atoms with Gasteiger partial charge in [0.25, 0.3) is 0 Å². The van der Waals surface area contributed by atoms with Crippen molar-refractivity contribution < 1.29 is 4.39 Å². The van der Waals surface area contributed by atoms with Crippen LogP contribution in [-0.2, 0) is 6.54 Å². The third kappa shape index (κ3) is 2.84. The maximum Gasteiger partial charge on any atom is 0.123 e. The number of benzene rings is 2. The Morgan fingerprint density at radius 3 is 2.35 bits per heavy atom. The van der Waals surface area contributed by atoms with Gasteiger partial charge < -0.3 is 5.32 Å². The van der Waals surface area contributed by atoms with Crippen molar-refractivity contribution in [2.45, 2.75) is 6.54 Å². The molecule has 1 nitrogen and oxygen atoms in total. The van der Waals surface area contributed by atoms with Crippen LogP contribution in [0.15, 0.2) is 42.5 Å². The van der Waals surface area contributed by atoms with Crippen molar-refractivity contribution in [2.75, 3.05) is 7.05 Å². The summed E-state index contributed by atoms with van der Waals surface area (Å²) >= 11 is 6.09. The fraction of sp³-hybridized carbons (Fsp3) is 0.143. The van der Waals surface area contributed by atoms with Crippen LogP contribution in [-0.4, -0.2) is 7.05 Å². The molecule has 0 aliphatic rings. The first-order valence-corrected chi connectivity index (χ1v) is 5.77. The largest absolute Gasteiger partial charge is 0.316 e. The molecule has 0 saturated carbocycles. The van der Waals surface area contributed by atoms with E-state index in [-0.39, 0.29) is 5.82 Å². The topological polar surface area (TPSA) is 12.0 Å². The Labute approximate surface area is 105 Å². The first kappa shape index (κ1) is 12.1. The average Bonchev–Trinajstić information content (AvgIpc) is 2.33. The molecule has 0 fully saturated rings. The summed E-state index contributed by atoms with van der Waals surface area (Å²) < 4.78 is 12.8. The molecule has 0 bridgehead atoms. The van der Waals surface area contributed by atoms with Gasteiger partial charge in [0.05, 0.1) is 0 Å². The van der Waals surface area contributed by atoms with Crippen LogP contribution < -0.4 is 5.32 Å². The standard InChI is InChI=1S/C14H13ClFN/c1-17-9-12-8-11(4-7-14(12)15)10-2-5-13(16)6-3-10/h2-8,17H,9H2,1H3. The molecule has 1 N–H and O–H groups in total. The number of hydrogen-bond donors (Lipinski definition) is 1. The zero-order valence-corrected chi connectivity index (χ0v) is 10.3. The van der Waals surface area contributed by atoms with Gasteiger partial charge >= 0.3 is 0 Å². The van der Waals surface area contributed by atoms with Crippen LogP contribution in [0.5, 0.6) is 0 Å². The van der Waals surface area contributed by atoms with E-state index in [1.165, 1.54) is 12.1 Å².